The minimum absolute atomic E-state index is 0.0877. The van der Waals surface area contributed by atoms with E-state index in [1.165, 1.54) is 31.3 Å². The minimum atomic E-state index is -4.60. The van der Waals surface area contributed by atoms with E-state index in [1.807, 2.05) is 6.92 Å². The lowest BCUT2D eigenvalue weighted by Crippen LogP contribution is -2.32. The van der Waals surface area contributed by atoms with Crippen LogP contribution in [-0.2, 0) is 11.0 Å². The number of ether oxygens (including phenoxy) is 1. The fraction of sp³-hybridized carbons (Fsp3) is 0.333. The molecule has 5 nitrogen and oxygen atoms in total. The molecular formula is C18H19F3N2O3. The Morgan fingerprint density at radius 2 is 1.92 bits per heavy atom. The standard InChI is InChI=1S/C18H19F3N2O3/c1-3-11-26-15-9-6-10-23(17(15)25)12(2)16(24)22-14-8-5-4-7-13(14)18(19,20)21/h4-10,12H,3,11H2,1-2H3,(H,22,24). The number of hydrogen-bond donors (Lipinski definition) is 1. The summed E-state index contributed by atoms with van der Waals surface area (Å²) in [5, 5.41) is 2.25. The third kappa shape index (κ3) is 4.44. The molecule has 2 rings (SSSR count). The van der Waals surface area contributed by atoms with Crippen LogP contribution in [-0.4, -0.2) is 17.1 Å². The molecule has 0 aliphatic heterocycles. The van der Waals surface area contributed by atoms with E-state index in [1.54, 1.807) is 6.07 Å². The third-order valence-electron chi connectivity index (χ3n) is 3.69. The number of halogens is 3. The number of carbonyl (C=O) groups is 1. The summed E-state index contributed by atoms with van der Waals surface area (Å²) in [4.78, 5) is 24.8. The fourth-order valence-electron chi connectivity index (χ4n) is 2.32. The van der Waals surface area contributed by atoms with Gasteiger partial charge in [0.2, 0.25) is 5.91 Å². The normalized spacial score (nSPS) is 12.5. The molecule has 1 N–H and O–H groups in total. The van der Waals surface area contributed by atoms with Crippen LogP contribution in [0.3, 0.4) is 0 Å². The molecule has 0 bridgehead atoms. The molecule has 1 atom stereocenters. The van der Waals surface area contributed by atoms with E-state index < -0.39 is 29.2 Å². The maximum atomic E-state index is 13.0. The Balaban J connectivity index is 2.26. The predicted molar refractivity (Wildman–Crippen MR) is 91.3 cm³/mol. The van der Waals surface area contributed by atoms with Gasteiger partial charge in [0.1, 0.15) is 6.04 Å². The summed E-state index contributed by atoms with van der Waals surface area (Å²) in [7, 11) is 0. The van der Waals surface area contributed by atoms with E-state index >= 15 is 0 Å². The molecular weight excluding hydrogens is 349 g/mol. The van der Waals surface area contributed by atoms with Gasteiger partial charge in [-0.25, -0.2) is 0 Å². The maximum absolute atomic E-state index is 13.0. The number of anilines is 1. The van der Waals surface area contributed by atoms with Crippen LogP contribution in [0.2, 0.25) is 0 Å². The van der Waals surface area contributed by atoms with Gasteiger partial charge in [0.15, 0.2) is 5.75 Å². The van der Waals surface area contributed by atoms with Crippen LogP contribution in [0.1, 0.15) is 31.9 Å². The Hall–Kier alpha value is -2.77. The number of amides is 1. The molecule has 1 heterocycles. The molecule has 0 saturated heterocycles. The maximum Gasteiger partial charge on any atom is 0.418 e. The second kappa shape index (κ2) is 8.07. The van der Waals surface area contributed by atoms with Crippen molar-refractivity contribution in [3.05, 3.63) is 58.5 Å². The first-order valence-electron chi connectivity index (χ1n) is 8.06. The van der Waals surface area contributed by atoms with E-state index in [-0.39, 0.29) is 11.4 Å². The highest BCUT2D eigenvalue weighted by Gasteiger charge is 2.34. The van der Waals surface area contributed by atoms with Gasteiger partial charge in [-0.05, 0) is 37.6 Å². The molecule has 0 saturated carbocycles. The van der Waals surface area contributed by atoms with Crippen molar-refractivity contribution in [3.63, 3.8) is 0 Å². The van der Waals surface area contributed by atoms with Crippen LogP contribution in [0.15, 0.2) is 47.4 Å². The van der Waals surface area contributed by atoms with E-state index in [0.717, 1.165) is 16.7 Å². The number of rotatable bonds is 6. The average molecular weight is 368 g/mol. The molecule has 1 aromatic heterocycles. The van der Waals surface area contributed by atoms with Crippen molar-refractivity contribution in [2.75, 3.05) is 11.9 Å². The van der Waals surface area contributed by atoms with E-state index in [0.29, 0.717) is 13.0 Å². The quantitative estimate of drug-likeness (QED) is 0.842. The van der Waals surface area contributed by atoms with Crippen molar-refractivity contribution in [1.82, 2.24) is 4.57 Å². The highest BCUT2D eigenvalue weighted by atomic mass is 19.4. The SMILES string of the molecule is CCCOc1cccn(C(C)C(=O)Nc2ccccc2C(F)(F)F)c1=O. The van der Waals surface area contributed by atoms with Gasteiger partial charge >= 0.3 is 6.18 Å². The zero-order valence-corrected chi connectivity index (χ0v) is 14.3. The van der Waals surface area contributed by atoms with Gasteiger partial charge in [-0.3, -0.25) is 9.59 Å². The number of nitrogens with one attached hydrogen (secondary N) is 1. The third-order valence-corrected chi connectivity index (χ3v) is 3.69. The van der Waals surface area contributed by atoms with Crippen LogP contribution < -0.4 is 15.6 Å². The molecule has 0 spiro atoms. The second-order valence-electron chi connectivity index (χ2n) is 5.64. The summed E-state index contributed by atoms with van der Waals surface area (Å²) in [5.74, 6) is -0.652. The van der Waals surface area contributed by atoms with E-state index in [4.69, 9.17) is 4.74 Å². The molecule has 1 amide bonds. The van der Waals surface area contributed by atoms with Crippen molar-refractivity contribution in [2.24, 2.45) is 0 Å². The lowest BCUT2D eigenvalue weighted by Gasteiger charge is -2.18. The zero-order valence-electron chi connectivity index (χ0n) is 14.3. The molecule has 140 valence electrons. The molecule has 1 unspecified atom stereocenters. The molecule has 2 aromatic rings. The van der Waals surface area contributed by atoms with Crippen LogP contribution in [0.5, 0.6) is 5.75 Å². The lowest BCUT2D eigenvalue weighted by atomic mass is 10.1. The summed E-state index contributed by atoms with van der Waals surface area (Å²) >= 11 is 0. The van der Waals surface area contributed by atoms with Gasteiger partial charge in [-0.2, -0.15) is 13.2 Å². The first-order valence-corrected chi connectivity index (χ1v) is 8.06. The summed E-state index contributed by atoms with van der Waals surface area (Å²) in [6.07, 6.45) is -2.50. The largest absolute Gasteiger partial charge is 0.488 e. The van der Waals surface area contributed by atoms with Crippen LogP contribution in [0, 0.1) is 0 Å². The Labute approximate surface area is 148 Å². The van der Waals surface area contributed by atoms with Crippen LogP contribution in [0.25, 0.3) is 0 Å². The topological polar surface area (TPSA) is 60.3 Å². The summed E-state index contributed by atoms with van der Waals surface area (Å²) in [6, 6.07) is 6.68. The van der Waals surface area contributed by atoms with Crippen molar-refractivity contribution in [2.45, 2.75) is 32.5 Å². The molecule has 0 fully saturated rings. The van der Waals surface area contributed by atoms with Gasteiger partial charge in [0.25, 0.3) is 5.56 Å². The second-order valence-corrected chi connectivity index (χ2v) is 5.64. The lowest BCUT2D eigenvalue weighted by molar-refractivity contribution is -0.137. The van der Waals surface area contributed by atoms with Crippen molar-refractivity contribution in [1.29, 1.82) is 0 Å². The molecule has 26 heavy (non-hydrogen) atoms. The number of aromatic nitrogens is 1. The summed E-state index contributed by atoms with van der Waals surface area (Å²) in [6.45, 7) is 3.66. The van der Waals surface area contributed by atoms with Crippen molar-refractivity contribution in [3.8, 4) is 5.75 Å². The summed E-state index contributed by atoms with van der Waals surface area (Å²) in [5.41, 5.74) is -1.83. The highest BCUT2D eigenvalue weighted by Crippen LogP contribution is 2.34. The number of alkyl halides is 3. The molecule has 0 radical (unpaired) electrons. The van der Waals surface area contributed by atoms with Gasteiger partial charge in [-0.1, -0.05) is 19.1 Å². The van der Waals surface area contributed by atoms with Crippen LogP contribution >= 0.6 is 0 Å². The molecule has 0 aliphatic carbocycles. The van der Waals surface area contributed by atoms with E-state index in [9.17, 15) is 22.8 Å². The monoisotopic (exact) mass is 368 g/mol. The number of nitrogens with zero attached hydrogens (tertiary/aromatic N) is 1. The first kappa shape index (κ1) is 19.6. The number of pyridine rings is 1. The Morgan fingerprint density at radius 3 is 2.58 bits per heavy atom. The Kier molecular flexibility index (Phi) is 6.07. The summed E-state index contributed by atoms with van der Waals surface area (Å²) < 4.78 is 45.6. The zero-order chi connectivity index (χ0) is 19.3. The van der Waals surface area contributed by atoms with Gasteiger partial charge in [0.05, 0.1) is 17.9 Å². The highest BCUT2D eigenvalue weighted by molar-refractivity contribution is 5.94. The molecule has 8 heteroatoms. The van der Waals surface area contributed by atoms with E-state index in [2.05, 4.69) is 5.32 Å². The number of carbonyl (C=O) groups excluding carboxylic acids is 1. The predicted octanol–water partition coefficient (Wildman–Crippen LogP) is 3.86. The Bertz CT molecular complexity index is 831. The van der Waals surface area contributed by atoms with Crippen molar-refractivity contribution < 1.29 is 22.7 Å². The number of para-hydroxylation sites is 1. The van der Waals surface area contributed by atoms with Gasteiger partial charge < -0.3 is 14.6 Å². The van der Waals surface area contributed by atoms with Gasteiger partial charge in [-0.15, -0.1) is 0 Å². The molecule has 1 aromatic carbocycles. The van der Waals surface area contributed by atoms with Crippen molar-refractivity contribution >= 4 is 11.6 Å². The molecule has 0 aliphatic rings. The number of benzene rings is 1. The fourth-order valence-corrected chi connectivity index (χ4v) is 2.32. The Morgan fingerprint density at radius 1 is 1.23 bits per heavy atom. The van der Waals surface area contributed by atoms with Crippen LogP contribution in [0.4, 0.5) is 18.9 Å². The minimum Gasteiger partial charge on any atom is -0.488 e. The average Bonchev–Trinajstić information content (AvgIpc) is 2.60. The smallest absolute Gasteiger partial charge is 0.418 e. The first-order chi connectivity index (χ1) is 12.3. The number of hydrogen-bond acceptors (Lipinski definition) is 3. The van der Waals surface area contributed by atoms with Gasteiger partial charge in [0, 0.05) is 6.20 Å².